The highest BCUT2D eigenvalue weighted by Gasteiger charge is 2.13. The molecule has 0 aliphatic carbocycles. The van der Waals surface area contributed by atoms with E-state index in [0.717, 1.165) is 22.4 Å². The van der Waals surface area contributed by atoms with Crippen molar-refractivity contribution in [2.24, 2.45) is 0 Å². The van der Waals surface area contributed by atoms with Crippen LogP contribution in [0, 0.1) is 0 Å². The van der Waals surface area contributed by atoms with E-state index in [-0.39, 0.29) is 5.97 Å². The third-order valence-corrected chi connectivity index (χ3v) is 5.30. The minimum atomic E-state index is -1.14. The van der Waals surface area contributed by atoms with Crippen LogP contribution in [0.15, 0.2) is 30.5 Å². The Bertz CT molecular complexity index is 665. The van der Waals surface area contributed by atoms with Crippen LogP contribution in [-0.4, -0.2) is 25.6 Å². The van der Waals surface area contributed by atoms with Crippen LogP contribution in [0.25, 0.3) is 10.8 Å². The topological polar surface area (TPSA) is 65.2 Å². The highest BCUT2D eigenvalue weighted by Crippen LogP contribution is 2.20. The normalized spacial score (nSPS) is 11.6. The van der Waals surface area contributed by atoms with Gasteiger partial charge in [-0.05, 0) is 29.5 Å². The molecule has 1 aromatic carbocycles. The van der Waals surface area contributed by atoms with Crippen molar-refractivity contribution in [1.82, 2.24) is 4.98 Å². The van der Waals surface area contributed by atoms with Gasteiger partial charge in [0.15, 0.2) is 0 Å². The van der Waals surface area contributed by atoms with Gasteiger partial charge in [0.2, 0.25) is 0 Å². The van der Waals surface area contributed by atoms with Crippen molar-refractivity contribution in [3.05, 3.63) is 36.0 Å². The Labute approximate surface area is 132 Å². The smallest absolute Gasteiger partial charge is 0.306 e. The number of fused-ring (bicyclic) bond motifs is 1. The van der Waals surface area contributed by atoms with Gasteiger partial charge in [-0.2, -0.15) is 0 Å². The number of aryl methyl sites for hydroxylation is 1. The van der Waals surface area contributed by atoms with Gasteiger partial charge in [-0.1, -0.05) is 37.8 Å². The molecule has 5 heteroatoms. The maximum atomic E-state index is 11.8. The molecular formula is C17H24N2O2Si. The van der Waals surface area contributed by atoms with Gasteiger partial charge >= 0.3 is 5.97 Å². The average Bonchev–Trinajstić information content (AvgIpc) is 2.44. The number of carbonyl (C=O) groups is 1. The lowest BCUT2D eigenvalue weighted by Gasteiger charge is -2.15. The summed E-state index contributed by atoms with van der Waals surface area (Å²) in [6.07, 6.45) is 2.80. The highest BCUT2D eigenvalue weighted by atomic mass is 28.3. The van der Waals surface area contributed by atoms with Crippen molar-refractivity contribution in [2.75, 3.05) is 12.3 Å². The molecule has 0 amide bonds. The van der Waals surface area contributed by atoms with Crippen LogP contribution >= 0.6 is 0 Å². The molecule has 1 heterocycles. The number of esters is 1. The fraction of sp³-hybridized carbons (Fsp3) is 0.412. The first-order valence-corrected chi connectivity index (χ1v) is 11.3. The number of nitrogens with two attached hydrogens (primary N) is 1. The van der Waals surface area contributed by atoms with Crippen LogP contribution in [0.2, 0.25) is 25.7 Å². The summed E-state index contributed by atoms with van der Waals surface area (Å²) in [5, 5.41) is 2.00. The lowest BCUT2D eigenvalue weighted by Crippen LogP contribution is -2.22. The van der Waals surface area contributed by atoms with E-state index in [1.807, 2.05) is 18.2 Å². The Kier molecular flexibility index (Phi) is 5.18. The number of nitrogens with zero attached hydrogens (tertiary/aromatic N) is 1. The second-order valence-corrected chi connectivity index (χ2v) is 12.4. The zero-order valence-corrected chi connectivity index (χ0v) is 14.6. The second kappa shape index (κ2) is 6.92. The number of hydrogen-bond acceptors (Lipinski definition) is 4. The molecule has 2 aromatic rings. The second-order valence-electron chi connectivity index (χ2n) is 6.78. The number of hydrogen-bond donors (Lipinski definition) is 1. The van der Waals surface area contributed by atoms with E-state index in [1.165, 1.54) is 0 Å². The first-order chi connectivity index (χ1) is 10.3. The lowest BCUT2D eigenvalue weighted by atomic mass is 10.0. The molecule has 0 aliphatic rings. The summed E-state index contributed by atoms with van der Waals surface area (Å²) in [5.41, 5.74) is 6.95. The maximum Gasteiger partial charge on any atom is 0.306 e. The molecule has 2 rings (SSSR count). The number of nitrogen functional groups attached to an aromatic ring is 1. The van der Waals surface area contributed by atoms with Gasteiger partial charge < -0.3 is 10.5 Å². The summed E-state index contributed by atoms with van der Waals surface area (Å²) >= 11 is 0. The van der Waals surface area contributed by atoms with Crippen LogP contribution in [-0.2, 0) is 16.0 Å². The number of aromatic nitrogens is 1. The van der Waals surface area contributed by atoms with Gasteiger partial charge in [-0.25, -0.2) is 4.98 Å². The Hall–Kier alpha value is -1.88. The molecule has 0 saturated carbocycles. The van der Waals surface area contributed by atoms with Gasteiger partial charge in [0.05, 0.1) is 6.61 Å². The number of benzene rings is 1. The van der Waals surface area contributed by atoms with Gasteiger partial charge in [0, 0.05) is 26.1 Å². The minimum Gasteiger partial charge on any atom is -0.466 e. The molecule has 0 unspecified atom stereocenters. The number of ether oxygens (including phenoxy) is 1. The summed E-state index contributed by atoms with van der Waals surface area (Å²) in [4.78, 5) is 15.9. The van der Waals surface area contributed by atoms with Crippen molar-refractivity contribution < 1.29 is 9.53 Å². The van der Waals surface area contributed by atoms with Gasteiger partial charge in [-0.15, -0.1) is 0 Å². The van der Waals surface area contributed by atoms with Gasteiger partial charge in [0.1, 0.15) is 5.82 Å². The highest BCUT2D eigenvalue weighted by molar-refractivity contribution is 6.76. The molecule has 118 valence electrons. The molecule has 2 N–H and O–H groups in total. The Balaban J connectivity index is 1.88. The fourth-order valence-corrected chi connectivity index (χ4v) is 2.91. The largest absolute Gasteiger partial charge is 0.466 e. The standard InChI is InChI=1S/C17H24N2O2Si/c1-22(2,3)11-10-21-16(20)7-5-13-4-6-15-14(12-13)8-9-19-17(15)18/h4,6,8-9,12H,5,7,10-11H2,1-3H3,(H2,18,19). The molecule has 0 saturated heterocycles. The van der Waals surface area contributed by atoms with Crippen molar-refractivity contribution in [2.45, 2.75) is 38.5 Å². The Morgan fingerprint density at radius 2 is 2.05 bits per heavy atom. The zero-order chi connectivity index (χ0) is 16.2. The lowest BCUT2D eigenvalue weighted by molar-refractivity contribution is -0.143. The molecule has 22 heavy (non-hydrogen) atoms. The first-order valence-electron chi connectivity index (χ1n) is 7.64. The van der Waals surface area contributed by atoms with Crippen molar-refractivity contribution in [1.29, 1.82) is 0 Å². The summed E-state index contributed by atoms with van der Waals surface area (Å²) in [5.74, 6) is 0.419. The maximum absolute atomic E-state index is 11.8. The molecule has 0 radical (unpaired) electrons. The van der Waals surface area contributed by atoms with Crippen LogP contribution in [0.3, 0.4) is 0 Å². The SMILES string of the molecule is C[Si](C)(C)CCOC(=O)CCc1ccc2c(N)nccc2c1. The monoisotopic (exact) mass is 316 g/mol. The van der Waals surface area contributed by atoms with Gasteiger partial charge in [-0.3, -0.25) is 4.79 Å². The third kappa shape index (κ3) is 4.84. The molecule has 4 nitrogen and oxygen atoms in total. The van der Waals surface area contributed by atoms with E-state index in [2.05, 4.69) is 30.7 Å². The quantitative estimate of drug-likeness (QED) is 0.653. The molecule has 1 aromatic heterocycles. The molecule has 0 bridgehead atoms. The molecule has 0 aliphatic heterocycles. The van der Waals surface area contributed by atoms with Crippen LogP contribution in [0.1, 0.15) is 12.0 Å². The van der Waals surface area contributed by atoms with E-state index in [0.29, 0.717) is 25.3 Å². The van der Waals surface area contributed by atoms with E-state index in [1.54, 1.807) is 6.20 Å². The summed E-state index contributed by atoms with van der Waals surface area (Å²) in [6, 6.07) is 8.96. The number of anilines is 1. The van der Waals surface area contributed by atoms with Crippen molar-refractivity contribution >= 4 is 30.6 Å². The van der Waals surface area contributed by atoms with Crippen molar-refractivity contribution in [3.63, 3.8) is 0 Å². The summed E-state index contributed by atoms with van der Waals surface area (Å²) in [7, 11) is -1.14. The summed E-state index contributed by atoms with van der Waals surface area (Å²) in [6.45, 7) is 7.37. The summed E-state index contributed by atoms with van der Waals surface area (Å²) < 4.78 is 5.31. The van der Waals surface area contributed by atoms with Crippen LogP contribution in [0.4, 0.5) is 5.82 Å². The minimum absolute atomic E-state index is 0.118. The van der Waals surface area contributed by atoms with Crippen LogP contribution < -0.4 is 5.73 Å². The van der Waals surface area contributed by atoms with Crippen molar-refractivity contribution in [3.8, 4) is 0 Å². The number of carbonyl (C=O) groups excluding carboxylic acids is 1. The molecule has 0 atom stereocenters. The molecular weight excluding hydrogens is 292 g/mol. The number of pyridine rings is 1. The van der Waals surface area contributed by atoms with Crippen LogP contribution in [0.5, 0.6) is 0 Å². The predicted octanol–water partition coefficient (Wildman–Crippen LogP) is 3.63. The molecule has 0 spiro atoms. The van der Waals surface area contributed by atoms with E-state index < -0.39 is 8.07 Å². The van der Waals surface area contributed by atoms with E-state index in [9.17, 15) is 4.79 Å². The average molecular weight is 316 g/mol. The van der Waals surface area contributed by atoms with E-state index in [4.69, 9.17) is 10.5 Å². The fourth-order valence-electron chi connectivity index (χ4n) is 2.20. The Morgan fingerprint density at radius 1 is 1.27 bits per heavy atom. The first kappa shape index (κ1) is 16.5. The predicted molar refractivity (Wildman–Crippen MR) is 93.6 cm³/mol. The molecule has 0 fully saturated rings. The zero-order valence-electron chi connectivity index (χ0n) is 13.6. The van der Waals surface area contributed by atoms with E-state index >= 15 is 0 Å². The van der Waals surface area contributed by atoms with Gasteiger partial charge in [0.25, 0.3) is 0 Å². The third-order valence-electron chi connectivity index (χ3n) is 3.59. The number of rotatable bonds is 6. The Morgan fingerprint density at radius 3 is 2.77 bits per heavy atom.